The van der Waals surface area contributed by atoms with Gasteiger partial charge in [0.2, 0.25) is 5.91 Å². The van der Waals surface area contributed by atoms with E-state index in [9.17, 15) is 13.2 Å². The smallest absolute Gasteiger partial charge is 0.263 e. The van der Waals surface area contributed by atoms with E-state index in [1.807, 2.05) is 37.3 Å². The minimum Gasteiger partial charge on any atom is -0.354 e. The second-order valence-electron chi connectivity index (χ2n) is 5.88. The summed E-state index contributed by atoms with van der Waals surface area (Å²) < 4.78 is 26.4. The van der Waals surface area contributed by atoms with Gasteiger partial charge >= 0.3 is 0 Å². The molecule has 0 saturated carbocycles. The van der Waals surface area contributed by atoms with Gasteiger partial charge in [0, 0.05) is 12.1 Å². The Morgan fingerprint density at radius 3 is 2.56 bits per heavy atom. The Morgan fingerprint density at radius 1 is 1.12 bits per heavy atom. The molecule has 1 atom stereocenters. The van der Waals surface area contributed by atoms with Crippen LogP contribution in [0.25, 0.3) is 0 Å². The van der Waals surface area contributed by atoms with Crippen LogP contribution >= 0.6 is 0 Å². The van der Waals surface area contributed by atoms with Gasteiger partial charge in [-0.1, -0.05) is 49.4 Å². The zero-order valence-electron chi connectivity index (χ0n) is 13.8. The summed E-state index contributed by atoms with van der Waals surface area (Å²) >= 11 is 0. The van der Waals surface area contributed by atoms with Crippen molar-refractivity contribution in [3.63, 3.8) is 0 Å². The molecule has 6 nitrogen and oxygen atoms in total. The second-order valence-corrected chi connectivity index (χ2v) is 7.53. The third-order valence-electron chi connectivity index (χ3n) is 4.02. The van der Waals surface area contributed by atoms with Gasteiger partial charge in [0.1, 0.15) is 12.4 Å². The summed E-state index contributed by atoms with van der Waals surface area (Å²) in [6, 6.07) is 16.5. The number of amidine groups is 1. The quantitative estimate of drug-likeness (QED) is 0.853. The third kappa shape index (κ3) is 3.88. The first-order chi connectivity index (χ1) is 12.0. The Hall–Kier alpha value is -2.67. The standard InChI is InChI=1S/C18H19N3O3S/c1-13(14-7-3-2-4-8-14)11-19-17(22)12-20-18-15-9-5-6-10-16(15)25(23,24)21-18/h2-10,13H,11-12H2,1H3,(H,19,22)(H,20,21). The highest BCUT2D eigenvalue weighted by Gasteiger charge is 2.30. The number of benzene rings is 2. The van der Waals surface area contributed by atoms with Gasteiger partial charge in [0.05, 0.1) is 4.90 Å². The van der Waals surface area contributed by atoms with E-state index in [-0.39, 0.29) is 29.1 Å². The van der Waals surface area contributed by atoms with Crippen molar-refractivity contribution in [2.45, 2.75) is 17.7 Å². The minimum atomic E-state index is -3.58. The van der Waals surface area contributed by atoms with Crippen molar-refractivity contribution in [1.82, 2.24) is 10.0 Å². The fourth-order valence-electron chi connectivity index (χ4n) is 2.62. The average Bonchev–Trinajstić information content (AvgIpc) is 2.89. The van der Waals surface area contributed by atoms with Crippen molar-refractivity contribution < 1.29 is 13.2 Å². The summed E-state index contributed by atoms with van der Waals surface area (Å²) in [4.78, 5) is 16.3. The topological polar surface area (TPSA) is 87.6 Å². The molecule has 3 rings (SSSR count). The Morgan fingerprint density at radius 2 is 1.80 bits per heavy atom. The monoisotopic (exact) mass is 357 g/mol. The van der Waals surface area contributed by atoms with E-state index < -0.39 is 10.0 Å². The van der Waals surface area contributed by atoms with Crippen LogP contribution in [0.15, 0.2) is 64.5 Å². The van der Waals surface area contributed by atoms with Crippen LogP contribution in [0.1, 0.15) is 24.0 Å². The van der Waals surface area contributed by atoms with Crippen LogP contribution in [0.3, 0.4) is 0 Å². The Labute approximate surface area is 147 Å². The van der Waals surface area contributed by atoms with Crippen molar-refractivity contribution in [2.24, 2.45) is 4.99 Å². The summed E-state index contributed by atoms with van der Waals surface area (Å²) in [7, 11) is -3.58. The first-order valence-corrected chi connectivity index (χ1v) is 9.44. The summed E-state index contributed by atoms with van der Waals surface area (Å²) in [5, 5.41) is 2.83. The van der Waals surface area contributed by atoms with Crippen LogP contribution in [0.4, 0.5) is 0 Å². The Balaban J connectivity index is 1.60. The van der Waals surface area contributed by atoms with Crippen LogP contribution in [0.2, 0.25) is 0 Å². The normalized spacial score (nSPS) is 17.6. The number of hydrogen-bond donors (Lipinski definition) is 2. The van der Waals surface area contributed by atoms with Crippen LogP contribution in [0.5, 0.6) is 0 Å². The lowest BCUT2D eigenvalue weighted by atomic mass is 10.0. The maximum absolute atomic E-state index is 12.0. The highest BCUT2D eigenvalue weighted by atomic mass is 32.2. The summed E-state index contributed by atoms with van der Waals surface area (Å²) in [6.45, 7) is 2.40. The molecule has 0 spiro atoms. The number of fused-ring (bicyclic) bond motifs is 1. The van der Waals surface area contributed by atoms with Gasteiger partial charge in [-0.15, -0.1) is 0 Å². The van der Waals surface area contributed by atoms with Crippen molar-refractivity contribution >= 4 is 21.8 Å². The average molecular weight is 357 g/mol. The molecule has 1 heterocycles. The molecule has 1 unspecified atom stereocenters. The van der Waals surface area contributed by atoms with Crippen molar-refractivity contribution in [2.75, 3.05) is 13.1 Å². The highest BCUT2D eigenvalue weighted by molar-refractivity contribution is 7.90. The van der Waals surface area contributed by atoms with E-state index in [2.05, 4.69) is 15.0 Å². The number of sulfonamides is 1. The van der Waals surface area contributed by atoms with E-state index in [1.165, 1.54) is 6.07 Å². The van der Waals surface area contributed by atoms with Gasteiger partial charge < -0.3 is 5.32 Å². The van der Waals surface area contributed by atoms with E-state index in [0.717, 1.165) is 5.56 Å². The van der Waals surface area contributed by atoms with E-state index >= 15 is 0 Å². The zero-order chi connectivity index (χ0) is 17.9. The molecular weight excluding hydrogens is 338 g/mol. The lowest BCUT2D eigenvalue weighted by Crippen LogP contribution is -2.30. The SMILES string of the molecule is CC(CNC(=O)CN=C1NS(=O)(=O)c2ccccc21)c1ccccc1. The number of carbonyl (C=O) groups excluding carboxylic acids is 1. The van der Waals surface area contributed by atoms with Gasteiger partial charge in [-0.25, -0.2) is 8.42 Å². The molecule has 2 aromatic rings. The molecule has 0 aromatic heterocycles. The number of hydrogen-bond acceptors (Lipinski definition) is 4. The molecule has 1 aliphatic heterocycles. The van der Waals surface area contributed by atoms with Crippen LogP contribution in [0, 0.1) is 0 Å². The van der Waals surface area contributed by atoms with Crippen LogP contribution < -0.4 is 10.0 Å². The number of aliphatic imine (C=N–C) groups is 1. The maximum atomic E-state index is 12.0. The molecule has 25 heavy (non-hydrogen) atoms. The molecular formula is C18H19N3O3S. The molecule has 7 heteroatoms. The molecule has 0 fully saturated rings. The molecule has 1 amide bonds. The lowest BCUT2D eigenvalue weighted by molar-refractivity contribution is -0.119. The number of rotatable bonds is 5. The molecule has 0 bridgehead atoms. The predicted octanol–water partition coefficient (Wildman–Crippen LogP) is 1.64. The molecule has 0 saturated heterocycles. The number of carbonyl (C=O) groups is 1. The summed E-state index contributed by atoms with van der Waals surface area (Å²) in [6.07, 6.45) is 0. The van der Waals surface area contributed by atoms with Crippen molar-refractivity contribution in [3.8, 4) is 0 Å². The van der Waals surface area contributed by atoms with E-state index in [1.54, 1.807) is 18.2 Å². The van der Waals surface area contributed by atoms with Crippen LogP contribution in [-0.2, 0) is 14.8 Å². The predicted molar refractivity (Wildman–Crippen MR) is 96.0 cm³/mol. The second kappa shape index (κ2) is 7.06. The van der Waals surface area contributed by atoms with Gasteiger partial charge in [0.15, 0.2) is 0 Å². The molecule has 130 valence electrons. The molecule has 0 radical (unpaired) electrons. The number of amides is 1. The minimum absolute atomic E-state index is 0.131. The highest BCUT2D eigenvalue weighted by Crippen LogP contribution is 2.22. The zero-order valence-corrected chi connectivity index (χ0v) is 14.6. The van der Waals surface area contributed by atoms with Gasteiger partial charge in [0.25, 0.3) is 10.0 Å². The lowest BCUT2D eigenvalue weighted by Gasteiger charge is -2.12. The van der Waals surface area contributed by atoms with E-state index in [4.69, 9.17) is 0 Å². The van der Waals surface area contributed by atoms with Crippen molar-refractivity contribution in [1.29, 1.82) is 0 Å². The number of nitrogens with zero attached hydrogens (tertiary/aromatic N) is 1. The molecule has 0 aliphatic carbocycles. The molecule has 2 aromatic carbocycles. The number of nitrogens with one attached hydrogen (secondary N) is 2. The van der Waals surface area contributed by atoms with Gasteiger partial charge in [-0.3, -0.25) is 14.5 Å². The van der Waals surface area contributed by atoms with Gasteiger partial charge in [-0.2, -0.15) is 0 Å². The first kappa shape index (κ1) is 17.2. The molecule has 2 N–H and O–H groups in total. The van der Waals surface area contributed by atoms with Crippen molar-refractivity contribution in [3.05, 3.63) is 65.7 Å². The van der Waals surface area contributed by atoms with Crippen LogP contribution in [-0.4, -0.2) is 33.3 Å². The largest absolute Gasteiger partial charge is 0.354 e. The fourth-order valence-corrected chi connectivity index (χ4v) is 3.88. The maximum Gasteiger partial charge on any atom is 0.263 e. The summed E-state index contributed by atoms with van der Waals surface area (Å²) in [5.41, 5.74) is 1.64. The molecule has 1 aliphatic rings. The third-order valence-corrected chi connectivity index (χ3v) is 5.41. The van der Waals surface area contributed by atoms with E-state index in [0.29, 0.717) is 12.1 Å². The summed E-state index contributed by atoms with van der Waals surface area (Å²) in [5.74, 6) is 0.143. The fraction of sp³-hybridized carbons (Fsp3) is 0.222. The Kier molecular flexibility index (Phi) is 4.85. The van der Waals surface area contributed by atoms with Gasteiger partial charge in [-0.05, 0) is 23.6 Å². The first-order valence-electron chi connectivity index (χ1n) is 7.95. The Bertz CT molecular complexity index is 908.